The van der Waals surface area contributed by atoms with Crippen LogP contribution in [0.15, 0.2) is 0 Å². The molecule has 4 heteroatoms. The summed E-state index contributed by atoms with van der Waals surface area (Å²) in [6.45, 7) is 8.51. The molecule has 0 aliphatic carbocycles. The minimum atomic E-state index is 0.433. The second kappa shape index (κ2) is 8.98. The van der Waals surface area contributed by atoms with Crippen molar-refractivity contribution in [2.75, 3.05) is 46.4 Å². The molecule has 0 aromatic heterocycles. The predicted molar refractivity (Wildman–Crippen MR) is 82.1 cm³/mol. The number of nitrogens with zero attached hydrogens (tertiary/aromatic N) is 1. The molecule has 0 aromatic rings. The van der Waals surface area contributed by atoms with Crippen LogP contribution in [0.5, 0.6) is 0 Å². The molecule has 0 spiro atoms. The van der Waals surface area contributed by atoms with Gasteiger partial charge in [0.1, 0.15) is 0 Å². The fourth-order valence-corrected chi connectivity index (χ4v) is 3.30. The molecule has 2 aliphatic rings. The Bertz CT molecular complexity index is 257. The van der Waals surface area contributed by atoms with Crippen molar-refractivity contribution in [2.45, 2.75) is 51.2 Å². The van der Waals surface area contributed by atoms with Crippen molar-refractivity contribution in [3.8, 4) is 0 Å². The maximum atomic E-state index is 6.14. The van der Waals surface area contributed by atoms with Gasteiger partial charge >= 0.3 is 0 Å². The van der Waals surface area contributed by atoms with E-state index in [0.717, 1.165) is 38.8 Å². The van der Waals surface area contributed by atoms with E-state index >= 15 is 0 Å². The van der Waals surface area contributed by atoms with Gasteiger partial charge in [0.25, 0.3) is 0 Å². The number of rotatable bonds is 8. The van der Waals surface area contributed by atoms with E-state index in [2.05, 4.69) is 24.2 Å². The minimum Gasteiger partial charge on any atom is -0.381 e. The summed E-state index contributed by atoms with van der Waals surface area (Å²) in [5, 5.41) is 3.46. The summed E-state index contributed by atoms with van der Waals surface area (Å²) >= 11 is 0. The van der Waals surface area contributed by atoms with Crippen LogP contribution in [0.4, 0.5) is 0 Å². The van der Waals surface area contributed by atoms with Gasteiger partial charge in [0.15, 0.2) is 0 Å². The van der Waals surface area contributed by atoms with Gasteiger partial charge in [-0.25, -0.2) is 0 Å². The number of ether oxygens (including phenoxy) is 2. The van der Waals surface area contributed by atoms with Gasteiger partial charge in [-0.15, -0.1) is 0 Å². The molecule has 2 rings (SSSR count). The Morgan fingerprint density at radius 2 is 1.80 bits per heavy atom. The lowest BCUT2D eigenvalue weighted by Gasteiger charge is -2.28. The second-order valence-corrected chi connectivity index (χ2v) is 6.44. The largest absolute Gasteiger partial charge is 0.381 e. The lowest BCUT2D eigenvalue weighted by atomic mass is 10.00. The average molecular weight is 284 g/mol. The standard InChI is InChI=1S/C16H32N2O2/c1-3-8-17-11-15-4-5-16(20-15)13-18(2)12-14-6-9-19-10-7-14/h14-17H,3-13H2,1-2H3. The van der Waals surface area contributed by atoms with Crippen LogP contribution >= 0.6 is 0 Å². The zero-order chi connectivity index (χ0) is 14.2. The summed E-state index contributed by atoms with van der Waals surface area (Å²) in [6.07, 6.45) is 6.95. The average Bonchev–Trinajstić information content (AvgIpc) is 2.87. The molecule has 0 radical (unpaired) electrons. The van der Waals surface area contributed by atoms with Crippen molar-refractivity contribution in [2.24, 2.45) is 5.92 Å². The summed E-state index contributed by atoms with van der Waals surface area (Å²) in [6, 6.07) is 0. The van der Waals surface area contributed by atoms with Gasteiger partial charge in [-0.2, -0.15) is 0 Å². The molecule has 2 heterocycles. The van der Waals surface area contributed by atoms with Crippen LogP contribution in [0.25, 0.3) is 0 Å². The topological polar surface area (TPSA) is 33.7 Å². The molecule has 2 atom stereocenters. The molecule has 2 aliphatic heterocycles. The zero-order valence-electron chi connectivity index (χ0n) is 13.3. The highest BCUT2D eigenvalue weighted by Crippen LogP contribution is 2.21. The minimum absolute atomic E-state index is 0.433. The Morgan fingerprint density at radius 3 is 2.55 bits per heavy atom. The summed E-state index contributed by atoms with van der Waals surface area (Å²) < 4.78 is 11.6. The van der Waals surface area contributed by atoms with Gasteiger partial charge in [-0.3, -0.25) is 0 Å². The molecule has 0 saturated carbocycles. The summed E-state index contributed by atoms with van der Waals surface area (Å²) in [5.74, 6) is 0.817. The van der Waals surface area contributed by atoms with Crippen LogP contribution in [0.2, 0.25) is 0 Å². The number of nitrogens with one attached hydrogen (secondary N) is 1. The second-order valence-electron chi connectivity index (χ2n) is 6.44. The fraction of sp³-hybridized carbons (Fsp3) is 1.00. The highest BCUT2D eigenvalue weighted by Gasteiger charge is 2.26. The molecule has 0 aromatic carbocycles. The Kier molecular flexibility index (Phi) is 7.28. The van der Waals surface area contributed by atoms with Crippen LogP contribution in [0, 0.1) is 5.92 Å². The van der Waals surface area contributed by atoms with Crippen LogP contribution < -0.4 is 5.32 Å². The molecule has 1 N–H and O–H groups in total. The van der Waals surface area contributed by atoms with Gasteiger partial charge in [0.05, 0.1) is 12.2 Å². The lowest BCUT2D eigenvalue weighted by Crippen LogP contribution is -2.35. The number of hydrogen-bond donors (Lipinski definition) is 1. The van der Waals surface area contributed by atoms with Crippen LogP contribution in [0.3, 0.4) is 0 Å². The van der Waals surface area contributed by atoms with E-state index in [-0.39, 0.29) is 0 Å². The molecule has 4 nitrogen and oxygen atoms in total. The first-order valence-electron chi connectivity index (χ1n) is 8.40. The summed E-state index contributed by atoms with van der Waals surface area (Å²) in [5.41, 5.74) is 0. The van der Waals surface area contributed by atoms with E-state index in [0.29, 0.717) is 12.2 Å². The highest BCUT2D eigenvalue weighted by atomic mass is 16.5. The maximum absolute atomic E-state index is 6.14. The van der Waals surface area contributed by atoms with E-state index < -0.39 is 0 Å². The van der Waals surface area contributed by atoms with Gasteiger partial charge in [0.2, 0.25) is 0 Å². The molecule has 118 valence electrons. The highest BCUT2D eigenvalue weighted by molar-refractivity contribution is 4.78. The first kappa shape index (κ1) is 16.2. The van der Waals surface area contributed by atoms with Crippen molar-refractivity contribution in [3.05, 3.63) is 0 Å². The predicted octanol–water partition coefficient (Wildman–Crippen LogP) is 1.89. The van der Waals surface area contributed by atoms with Crippen molar-refractivity contribution in [3.63, 3.8) is 0 Å². The van der Waals surface area contributed by atoms with E-state index in [9.17, 15) is 0 Å². The van der Waals surface area contributed by atoms with Crippen molar-refractivity contribution in [1.29, 1.82) is 0 Å². The molecule has 20 heavy (non-hydrogen) atoms. The molecule has 0 amide bonds. The first-order chi connectivity index (χ1) is 9.78. The number of hydrogen-bond acceptors (Lipinski definition) is 4. The summed E-state index contributed by atoms with van der Waals surface area (Å²) in [4.78, 5) is 2.46. The number of likely N-dealkylation sites (N-methyl/N-ethyl adjacent to an activating group) is 1. The third kappa shape index (κ3) is 5.68. The third-order valence-corrected chi connectivity index (χ3v) is 4.42. The van der Waals surface area contributed by atoms with Gasteiger partial charge in [-0.05, 0) is 51.6 Å². The SMILES string of the molecule is CCCNCC1CCC(CN(C)CC2CCOCC2)O1. The van der Waals surface area contributed by atoms with E-state index in [1.54, 1.807) is 0 Å². The molecule has 2 unspecified atom stereocenters. The van der Waals surface area contributed by atoms with Crippen LogP contribution in [0.1, 0.15) is 39.0 Å². The molecule has 2 saturated heterocycles. The van der Waals surface area contributed by atoms with E-state index in [1.807, 2.05) is 0 Å². The van der Waals surface area contributed by atoms with Crippen LogP contribution in [-0.2, 0) is 9.47 Å². The van der Waals surface area contributed by atoms with Gasteiger partial charge < -0.3 is 19.7 Å². The molecular weight excluding hydrogens is 252 g/mol. The normalized spacial score (nSPS) is 28.4. The Morgan fingerprint density at radius 1 is 1.05 bits per heavy atom. The van der Waals surface area contributed by atoms with Crippen molar-refractivity contribution < 1.29 is 9.47 Å². The van der Waals surface area contributed by atoms with E-state index in [1.165, 1.54) is 38.6 Å². The van der Waals surface area contributed by atoms with Crippen molar-refractivity contribution >= 4 is 0 Å². The zero-order valence-corrected chi connectivity index (χ0v) is 13.3. The Balaban J connectivity index is 1.58. The Hall–Kier alpha value is -0.160. The smallest absolute Gasteiger partial charge is 0.0707 e. The lowest BCUT2D eigenvalue weighted by molar-refractivity contribution is 0.0170. The van der Waals surface area contributed by atoms with Gasteiger partial charge in [0, 0.05) is 32.8 Å². The summed E-state index contributed by atoms with van der Waals surface area (Å²) in [7, 11) is 2.24. The van der Waals surface area contributed by atoms with Gasteiger partial charge in [-0.1, -0.05) is 6.92 Å². The molecule has 0 bridgehead atoms. The maximum Gasteiger partial charge on any atom is 0.0707 e. The van der Waals surface area contributed by atoms with Crippen molar-refractivity contribution in [1.82, 2.24) is 10.2 Å². The fourth-order valence-electron chi connectivity index (χ4n) is 3.30. The van der Waals surface area contributed by atoms with Crippen LogP contribution in [-0.4, -0.2) is 63.5 Å². The first-order valence-corrected chi connectivity index (χ1v) is 8.40. The molecular formula is C16H32N2O2. The van der Waals surface area contributed by atoms with E-state index in [4.69, 9.17) is 9.47 Å². The third-order valence-electron chi connectivity index (χ3n) is 4.42. The Labute approximate surface area is 124 Å². The molecule has 2 fully saturated rings. The quantitative estimate of drug-likeness (QED) is 0.690. The monoisotopic (exact) mass is 284 g/mol.